The Morgan fingerprint density at radius 1 is 1.38 bits per heavy atom. The predicted octanol–water partition coefficient (Wildman–Crippen LogP) is 1.51. The number of sulfone groups is 1. The Labute approximate surface area is 153 Å². The number of carbonyl (C=O) groups is 1. The highest BCUT2D eigenvalue weighted by Crippen LogP contribution is 2.26. The Bertz CT molecular complexity index is 1190. The number of nitriles is 1. The van der Waals surface area contributed by atoms with Crippen molar-refractivity contribution in [3.63, 3.8) is 0 Å². The first-order valence-corrected chi connectivity index (χ1v) is 9.51. The number of pyridine rings is 1. The average molecular weight is 390 g/mol. The lowest BCUT2D eigenvalue weighted by Gasteiger charge is -2.09. The number of amides is 1. The molecular weight excluding hydrogens is 378 g/mol. The topological polar surface area (TPSA) is 132 Å². The first-order chi connectivity index (χ1) is 12.2. The zero-order valence-corrected chi connectivity index (χ0v) is 15.0. The van der Waals surface area contributed by atoms with Crippen LogP contribution in [0, 0.1) is 11.3 Å². The molecule has 0 unspecified atom stereocenters. The number of carbonyl (C=O) groups excluding carboxylic acids is 1. The SMILES string of the molecule is CS(=O)(=O)c1cc(Cn2cc(C(N)=O)c(C#N)n2)cc2cc(Cl)cnc12. The molecule has 0 saturated heterocycles. The molecule has 0 saturated carbocycles. The van der Waals surface area contributed by atoms with Crippen LogP contribution in [0.3, 0.4) is 0 Å². The van der Waals surface area contributed by atoms with Crippen molar-refractivity contribution >= 4 is 38.2 Å². The summed E-state index contributed by atoms with van der Waals surface area (Å²) in [5, 5.41) is 14.0. The molecule has 2 heterocycles. The van der Waals surface area contributed by atoms with Crippen molar-refractivity contribution in [3.05, 3.63) is 52.4 Å². The number of rotatable bonds is 4. The van der Waals surface area contributed by atoms with Gasteiger partial charge >= 0.3 is 0 Å². The van der Waals surface area contributed by atoms with Crippen LogP contribution in [-0.4, -0.2) is 35.3 Å². The molecule has 1 aromatic carbocycles. The Morgan fingerprint density at radius 3 is 2.69 bits per heavy atom. The first-order valence-electron chi connectivity index (χ1n) is 7.24. The number of nitrogens with zero attached hydrogens (tertiary/aromatic N) is 4. The number of hydrogen-bond donors (Lipinski definition) is 1. The van der Waals surface area contributed by atoms with Crippen LogP contribution < -0.4 is 5.73 Å². The van der Waals surface area contributed by atoms with Gasteiger partial charge in [0.25, 0.3) is 5.91 Å². The van der Waals surface area contributed by atoms with Crippen molar-refractivity contribution in [1.29, 1.82) is 5.26 Å². The Hall–Kier alpha value is -2.96. The summed E-state index contributed by atoms with van der Waals surface area (Å²) in [5.74, 6) is -0.765. The Morgan fingerprint density at radius 2 is 2.12 bits per heavy atom. The van der Waals surface area contributed by atoms with E-state index in [1.54, 1.807) is 18.2 Å². The predicted molar refractivity (Wildman–Crippen MR) is 94.4 cm³/mol. The third kappa shape index (κ3) is 3.37. The van der Waals surface area contributed by atoms with E-state index in [0.717, 1.165) is 6.26 Å². The molecule has 2 aromatic heterocycles. The normalized spacial score (nSPS) is 11.4. The van der Waals surface area contributed by atoms with Gasteiger partial charge in [0.05, 0.1) is 27.5 Å². The summed E-state index contributed by atoms with van der Waals surface area (Å²) >= 11 is 5.96. The van der Waals surface area contributed by atoms with Crippen molar-refractivity contribution in [2.45, 2.75) is 11.4 Å². The molecule has 0 radical (unpaired) electrons. The Kier molecular flexibility index (Phi) is 4.39. The number of nitrogens with two attached hydrogens (primary N) is 1. The monoisotopic (exact) mass is 389 g/mol. The highest BCUT2D eigenvalue weighted by atomic mass is 35.5. The molecule has 1 amide bonds. The van der Waals surface area contributed by atoms with E-state index in [9.17, 15) is 13.2 Å². The van der Waals surface area contributed by atoms with E-state index < -0.39 is 15.7 Å². The lowest BCUT2D eigenvalue weighted by Crippen LogP contribution is -2.11. The summed E-state index contributed by atoms with van der Waals surface area (Å²) in [5.41, 5.74) is 6.04. The zero-order chi connectivity index (χ0) is 19.1. The number of aromatic nitrogens is 3. The fraction of sp³-hybridized carbons (Fsp3) is 0.125. The van der Waals surface area contributed by atoms with Gasteiger partial charge in [0.2, 0.25) is 0 Å². The third-order valence-electron chi connectivity index (χ3n) is 3.65. The van der Waals surface area contributed by atoms with Crippen LogP contribution in [0.1, 0.15) is 21.6 Å². The summed E-state index contributed by atoms with van der Waals surface area (Å²) in [4.78, 5) is 15.5. The second-order valence-corrected chi connectivity index (χ2v) is 8.08. The van der Waals surface area contributed by atoms with Crippen LogP contribution in [0.25, 0.3) is 10.9 Å². The molecule has 8 nitrogen and oxygen atoms in total. The maximum Gasteiger partial charge on any atom is 0.253 e. The number of hydrogen-bond acceptors (Lipinski definition) is 6. The second-order valence-electron chi connectivity index (χ2n) is 5.66. The van der Waals surface area contributed by atoms with Crippen molar-refractivity contribution < 1.29 is 13.2 Å². The van der Waals surface area contributed by atoms with Crippen molar-refractivity contribution in [1.82, 2.24) is 14.8 Å². The fourth-order valence-corrected chi connectivity index (χ4v) is 3.63. The van der Waals surface area contributed by atoms with E-state index in [0.29, 0.717) is 21.5 Å². The largest absolute Gasteiger partial charge is 0.365 e. The minimum atomic E-state index is -3.54. The molecule has 0 spiro atoms. The number of primary amides is 1. The van der Waals surface area contributed by atoms with E-state index in [4.69, 9.17) is 22.6 Å². The molecule has 10 heteroatoms. The van der Waals surface area contributed by atoms with Crippen molar-refractivity contribution in [2.24, 2.45) is 5.73 Å². The first kappa shape index (κ1) is 17.8. The van der Waals surface area contributed by atoms with E-state index in [1.807, 2.05) is 0 Å². The van der Waals surface area contributed by atoms with Gasteiger partial charge in [-0.25, -0.2) is 8.42 Å². The molecule has 0 aliphatic heterocycles. The summed E-state index contributed by atoms with van der Waals surface area (Å²) in [6.45, 7) is 0.132. The highest BCUT2D eigenvalue weighted by Gasteiger charge is 2.17. The van der Waals surface area contributed by atoms with Gasteiger partial charge in [0, 0.05) is 24.0 Å². The van der Waals surface area contributed by atoms with Crippen molar-refractivity contribution in [3.8, 4) is 6.07 Å². The second kappa shape index (κ2) is 6.40. The van der Waals surface area contributed by atoms with Gasteiger partial charge in [0.1, 0.15) is 6.07 Å². The van der Waals surface area contributed by atoms with Crippen LogP contribution in [0.4, 0.5) is 0 Å². The molecule has 0 aliphatic rings. The van der Waals surface area contributed by atoms with E-state index in [-0.39, 0.29) is 22.7 Å². The molecule has 26 heavy (non-hydrogen) atoms. The van der Waals surface area contributed by atoms with Crippen molar-refractivity contribution in [2.75, 3.05) is 6.26 Å². The molecule has 2 N–H and O–H groups in total. The smallest absolute Gasteiger partial charge is 0.253 e. The quantitative estimate of drug-likeness (QED) is 0.719. The lowest BCUT2D eigenvalue weighted by atomic mass is 10.1. The molecule has 0 bridgehead atoms. The van der Waals surface area contributed by atoms with E-state index in [2.05, 4.69) is 10.1 Å². The molecule has 0 fully saturated rings. The van der Waals surface area contributed by atoms with Gasteiger partial charge in [-0.15, -0.1) is 0 Å². The summed E-state index contributed by atoms with van der Waals surface area (Å²) in [6.07, 6.45) is 3.82. The van der Waals surface area contributed by atoms with Gasteiger partial charge in [0.15, 0.2) is 15.5 Å². The number of benzene rings is 1. The summed E-state index contributed by atoms with van der Waals surface area (Å²) in [6, 6.07) is 6.62. The summed E-state index contributed by atoms with van der Waals surface area (Å²) in [7, 11) is -3.54. The fourth-order valence-electron chi connectivity index (χ4n) is 2.58. The highest BCUT2D eigenvalue weighted by molar-refractivity contribution is 7.91. The molecule has 0 aliphatic carbocycles. The molecule has 3 aromatic rings. The maximum absolute atomic E-state index is 12.1. The third-order valence-corrected chi connectivity index (χ3v) is 4.97. The zero-order valence-electron chi connectivity index (χ0n) is 13.5. The van der Waals surface area contributed by atoms with Crippen LogP contribution >= 0.6 is 11.6 Å². The van der Waals surface area contributed by atoms with Gasteiger partial charge in [-0.2, -0.15) is 10.4 Å². The van der Waals surface area contributed by atoms with Gasteiger partial charge < -0.3 is 5.73 Å². The van der Waals surface area contributed by atoms with Crippen LogP contribution in [0.5, 0.6) is 0 Å². The molecule has 132 valence electrons. The maximum atomic E-state index is 12.1. The molecular formula is C16H12ClN5O3S. The van der Waals surface area contributed by atoms with Crippen LogP contribution in [0.2, 0.25) is 5.02 Å². The Balaban J connectivity index is 2.14. The minimum absolute atomic E-state index is 0.00124. The van der Waals surface area contributed by atoms with E-state index >= 15 is 0 Å². The molecule has 0 atom stereocenters. The standard InChI is InChI=1S/C16H12ClN5O3S/c1-26(24,25)14-3-9(2-10-4-11(17)6-20-15(10)14)7-22-8-12(16(19)23)13(5-18)21-22/h2-4,6,8H,7H2,1H3,(H2,19,23). The van der Waals surface area contributed by atoms with E-state index in [1.165, 1.54) is 23.1 Å². The average Bonchev–Trinajstić information content (AvgIpc) is 2.96. The minimum Gasteiger partial charge on any atom is -0.365 e. The van der Waals surface area contributed by atoms with Crippen LogP contribution in [-0.2, 0) is 16.4 Å². The van der Waals surface area contributed by atoms with Gasteiger partial charge in [-0.05, 0) is 23.8 Å². The summed E-state index contributed by atoms with van der Waals surface area (Å²) < 4.78 is 25.6. The van der Waals surface area contributed by atoms with Gasteiger partial charge in [-0.1, -0.05) is 11.6 Å². The number of fused-ring (bicyclic) bond motifs is 1. The lowest BCUT2D eigenvalue weighted by molar-refractivity contribution is 0.1000. The number of halogens is 1. The molecule has 3 rings (SSSR count). The van der Waals surface area contributed by atoms with Gasteiger partial charge in [-0.3, -0.25) is 14.5 Å². The van der Waals surface area contributed by atoms with Crippen LogP contribution in [0.15, 0.2) is 35.5 Å².